The molecule has 0 bridgehead atoms. The van der Waals surface area contributed by atoms with Crippen molar-refractivity contribution in [3.8, 4) is 11.3 Å². The normalized spacial score (nSPS) is 21.2. The maximum Gasteiger partial charge on any atom is 0.134 e. The molecule has 4 rings (SSSR count). The van der Waals surface area contributed by atoms with Crippen molar-refractivity contribution in [3.05, 3.63) is 46.6 Å². The highest BCUT2D eigenvalue weighted by Crippen LogP contribution is 2.44. The lowest BCUT2D eigenvalue weighted by atomic mass is 9.89. The number of β-amino-alcohol motifs (C(OH)–C–C–N with tert-alkyl or cyclic N) is 1. The molecule has 2 fully saturated rings. The van der Waals surface area contributed by atoms with Crippen LogP contribution in [-0.4, -0.2) is 28.7 Å². The Morgan fingerprint density at radius 2 is 1.86 bits per heavy atom. The minimum atomic E-state index is -0.416. The van der Waals surface area contributed by atoms with Crippen molar-refractivity contribution in [2.75, 3.05) is 13.1 Å². The van der Waals surface area contributed by atoms with E-state index in [1.165, 1.54) is 12.8 Å². The molecule has 1 aliphatic carbocycles. The first-order valence-corrected chi connectivity index (χ1v) is 8.21. The highest BCUT2D eigenvalue weighted by atomic mass is 79.9. The van der Waals surface area contributed by atoms with Gasteiger partial charge in [0, 0.05) is 23.1 Å². The van der Waals surface area contributed by atoms with E-state index in [4.69, 9.17) is 4.42 Å². The Bertz CT molecular complexity index is 639. The van der Waals surface area contributed by atoms with Crippen molar-refractivity contribution in [1.29, 1.82) is 0 Å². The van der Waals surface area contributed by atoms with Gasteiger partial charge in [-0.05, 0) is 43.0 Å². The number of rotatable bonds is 4. The first-order valence-electron chi connectivity index (χ1n) is 7.42. The molecular weight excluding hydrogens is 330 g/mol. The molecule has 1 N–H and O–H groups in total. The van der Waals surface area contributed by atoms with Gasteiger partial charge < -0.3 is 9.52 Å². The summed E-state index contributed by atoms with van der Waals surface area (Å²) < 4.78 is 6.99. The van der Waals surface area contributed by atoms with Crippen molar-refractivity contribution in [1.82, 2.24) is 4.90 Å². The van der Waals surface area contributed by atoms with Gasteiger partial charge in [0.25, 0.3) is 0 Å². The number of aliphatic hydroxyl groups is 1. The largest absolute Gasteiger partial charge is 0.460 e. The molecule has 0 radical (unpaired) electrons. The van der Waals surface area contributed by atoms with Crippen molar-refractivity contribution in [2.45, 2.75) is 25.0 Å². The molecule has 0 amide bonds. The number of likely N-dealkylation sites (tertiary alicyclic amines) is 1. The van der Waals surface area contributed by atoms with Gasteiger partial charge in [0.05, 0.1) is 12.1 Å². The monoisotopic (exact) mass is 347 g/mol. The number of hydrogen-bond donors (Lipinski definition) is 1. The Labute approximate surface area is 132 Å². The number of hydrogen-bond acceptors (Lipinski definition) is 3. The average molecular weight is 348 g/mol. The first-order chi connectivity index (χ1) is 10.1. The van der Waals surface area contributed by atoms with Crippen LogP contribution in [-0.2, 0) is 6.54 Å². The molecule has 2 aliphatic rings. The number of nitrogens with zero attached hydrogens (tertiary/aromatic N) is 1. The molecule has 0 spiro atoms. The number of halogens is 1. The molecular formula is C17H18BrNO2. The summed E-state index contributed by atoms with van der Waals surface area (Å²) in [6, 6.07) is 12.2. The molecule has 1 saturated heterocycles. The minimum Gasteiger partial charge on any atom is -0.460 e. The number of benzene rings is 1. The van der Waals surface area contributed by atoms with E-state index >= 15 is 0 Å². The van der Waals surface area contributed by atoms with E-state index in [1.54, 1.807) is 0 Å². The van der Waals surface area contributed by atoms with E-state index in [2.05, 4.69) is 20.8 Å². The summed E-state index contributed by atoms with van der Waals surface area (Å²) in [4.78, 5) is 2.25. The summed E-state index contributed by atoms with van der Waals surface area (Å²) >= 11 is 3.44. The molecule has 3 nitrogen and oxygen atoms in total. The highest BCUT2D eigenvalue weighted by molar-refractivity contribution is 9.10. The van der Waals surface area contributed by atoms with Gasteiger partial charge in [0.2, 0.25) is 0 Å². The SMILES string of the molecule is OC1(C2CC2)CN(Cc2ccc(-c3ccc(Br)cc3)o2)C1. The smallest absolute Gasteiger partial charge is 0.134 e. The highest BCUT2D eigenvalue weighted by Gasteiger charge is 2.51. The van der Waals surface area contributed by atoms with Crippen LogP contribution in [0.2, 0.25) is 0 Å². The molecule has 2 heterocycles. The van der Waals surface area contributed by atoms with Gasteiger partial charge in [-0.15, -0.1) is 0 Å². The van der Waals surface area contributed by atoms with E-state index < -0.39 is 5.60 Å². The van der Waals surface area contributed by atoms with Crippen LogP contribution in [0, 0.1) is 5.92 Å². The summed E-state index contributed by atoms with van der Waals surface area (Å²) in [5.41, 5.74) is 0.670. The van der Waals surface area contributed by atoms with E-state index in [-0.39, 0.29) is 0 Å². The van der Waals surface area contributed by atoms with Crippen LogP contribution in [0.1, 0.15) is 18.6 Å². The third kappa shape index (κ3) is 2.68. The fraction of sp³-hybridized carbons (Fsp3) is 0.412. The van der Waals surface area contributed by atoms with Gasteiger partial charge in [-0.25, -0.2) is 0 Å². The summed E-state index contributed by atoms with van der Waals surface area (Å²) in [6.45, 7) is 2.35. The summed E-state index contributed by atoms with van der Waals surface area (Å²) in [5.74, 6) is 2.41. The summed E-state index contributed by atoms with van der Waals surface area (Å²) in [6.07, 6.45) is 2.39. The topological polar surface area (TPSA) is 36.6 Å². The fourth-order valence-corrected chi connectivity index (χ4v) is 3.44. The Hall–Kier alpha value is -1.10. The number of furan rings is 1. The van der Waals surface area contributed by atoms with Gasteiger partial charge in [-0.2, -0.15) is 0 Å². The zero-order chi connectivity index (χ0) is 14.4. The standard InChI is InChI=1S/C17H18BrNO2/c18-14-5-1-12(2-6-14)16-8-7-15(21-16)9-19-10-17(20,11-19)13-3-4-13/h1-2,5-8,13,20H,3-4,9-11H2. The van der Waals surface area contributed by atoms with Crippen molar-refractivity contribution in [3.63, 3.8) is 0 Å². The van der Waals surface area contributed by atoms with Gasteiger partial charge in [-0.1, -0.05) is 28.1 Å². The maximum atomic E-state index is 10.3. The molecule has 1 saturated carbocycles. The van der Waals surface area contributed by atoms with E-state index in [0.29, 0.717) is 5.92 Å². The Morgan fingerprint density at radius 1 is 1.14 bits per heavy atom. The van der Waals surface area contributed by atoms with E-state index in [0.717, 1.165) is 41.2 Å². The molecule has 110 valence electrons. The Balaban J connectivity index is 1.40. The maximum absolute atomic E-state index is 10.3. The summed E-state index contributed by atoms with van der Waals surface area (Å²) in [7, 11) is 0. The van der Waals surface area contributed by atoms with Gasteiger partial charge in [0.1, 0.15) is 11.5 Å². The predicted molar refractivity (Wildman–Crippen MR) is 84.8 cm³/mol. The second-order valence-electron chi connectivity index (χ2n) is 6.30. The van der Waals surface area contributed by atoms with Crippen LogP contribution in [0.15, 0.2) is 45.3 Å². The Kier molecular flexibility index (Phi) is 3.21. The average Bonchev–Trinajstić information content (AvgIpc) is 3.19. The quantitative estimate of drug-likeness (QED) is 0.916. The second-order valence-corrected chi connectivity index (χ2v) is 7.21. The molecule has 1 aromatic carbocycles. The third-order valence-electron chi connectivity index (χ3n) is 4.50. The van der Waals surface area contributed by atoms with Gasteiger partial charge >= 0.3 is 0 Å². The van der Waals surface area contributed by atoms with Crippen molar-refractivity contribution in [2.24, 2.45) is 5.92 Å². The van der Waals surface area contributed by atoms with Gasteiger partial charge in [0.15, 0.2) is 0 Å². The molecule has 21 heavy (non-hydrogen) atoms. The second kappa shape index (κ2) is 4.97. The lowest BCUT2D eigenvalue weighted by molar-refractivity contribution is -0.118. The van der Waals surface area contributed by atoms with Crippen LogP contribution in [0.5, 0.6) is 0 Å². The van der Waals surface area contributed by atoms with Crippen molar-refractivity contribution >= 4 is 15.9 Å². The third-order valence-corrected chi connectivity index (χ3v) is 5.03. The van der Waals surface area contributed by atoms with Gasteiger partial charge in [-0.3, -0.25) is 4.90 Å². The fourth-order valence-electron chi connectivity index (χ4n) is 3.17. The van der Waals surface area contributed by atoms with E-state index in [1.807, 2.05) is 36.4 Å². The molecule has 1 aliphatic heterocycles. The molecule has 1 aromatic heterocycles. The van der Waals surface area contributed by atoms with Crippen LogP contribution >= 0.6 is 15.9 Å². The predicted octanol–water partition coefficient (Wildman–Crippen LogP) is 3.67. The zero-order valence-electron chi connectivity index (χ0n) is 11.8. The molecule has 0 atom stereocenters. The zero-order valence-corrected chi connectivity index (χ0v) is 13.3. The van der Waals surface area contributed by atoms with Crippen LogP contribution in [0.3, 0.4) is 0 Å². The van der Waals surface area contributed by atoms with Crippen LogP contribution in [0.25, 0.3) is 11.3 Å². The van der Waals surface area contributed by atoms with Crippen LogP contribution in [0.4, 0.5) is 0 Å². The molecule has 4 heteroatoms. The lowest BCUT2D eigenvalue weighted by Gasteiger charge is -2.46. The van der Waals surface area contributed by atoms with Crippen molar-refractivity contribution < 1.29 is 9.52 Å². The lowest BCUT2D eigenvalue weighted by Crippen LogP contribution is -2.62. The Morgan fingerprint density at radius 3 is 2.52 bits per heavy atom. The molecule has 2 aromatic rings. The van der Waals surface area contributed by atoms with E-state index in [9.17, 15) is 5.11 Å². The minimum absolute atomic E-state index is 0.416. The van der Waals surface area contributed by atoms with Crippen LogP contribution < -0.4 is 0 Å². The first kappa shape index (κ1) is 13.6. The summed E-state index contributed by atoms with van der Waals surface area (Å²) in [5, 5.41) is 10.3. The molecule has 0 unspecified atom stereocenters.